The van der Waals surface area contributed by atoms with E-state index in [0.29, 0.717) is 0 Å². The lowest BCUT2D eigenvalue weighted by Crippen LogP contribution is -2.48. The maximum Gasteiger partial charge on any atom is 0.455 e. The van der Waals surface area contributed by atoms with Crippen molar-refractivity contribution in [1.82, 2.24) is 5.32 Å². The lowest BCUT2D eigenvalue weighted by atomic mass is 9.98. The van der Waals surface area contributed by atoms with Crippen LogP contribution in [0, 0.1) is 17.5 Å². The summed E-state index contributed by atoms with van der Waals surface area (Å²) in [4.78, 5) is 0. The predicted molar refractivity (Wildman–Crippen MR) is 58.4 cm³/mol. The van der Waals surface area contributed by atoms with Crippen LogP contribution >= 0.6 is 0 Å². The van der Waals surface area contributed by atoms with Crippen LogP contribution in [0.2, 0.25) is 0 Å². The van der Waals surface area contributed by atoms with Crippen molar-refractivity contribution in [3.8, 4) is 0 Å². The van der Waals surface area contributed by atoms with Crippen molar-refractivity contribution in [3.63, 3.8) is 0 Å². The highest BCUT2D eigenvalue weighted by Crippen LogP contribution is 2.45. The summed E-state index contributed by atoms with van der Waals surface area (Å²) in [7, 11) is 0. The lowest BCUT2D eigenvalue weighted by Gasteiger charge is -2.30. The van der Waals surface area contributed by atoms with E-state index >= 15 is 0 Å². The van der Waals surface area contributed by atoms with Gasteiger partial charge in [0.15, 0.2) is 11.6 Å². The first kappa shape index (κ1) is 17.7. The minimum Gasteiger partial charge on any atom is -0.305 e. The van der Waals surface area contributed by atoms with E-state index in [9.17, 15) is 35.1 Å². The van der Waals surface area contributed by atoms with Crippen LogP contribution in [0.25, 0.3) is 0 Å². The van der Waals surface area contributed by atoms with Gasteiger partial charge in [-0.3, -0.25) is 0 Å². The molecule has 0 saturated carbocycles. The van der Waals surface area contributed by atoms with E-state index < -0.39 is 41.2 Å². The molecule has 0 bridgehead atoms. The van der Waals surface area contributed by atoms with Gasteiger partial charge in [-0.25, -0.2) is 13.2 Å². The maximum atomic E-state index is 13.5. The molecule has 1 aromatic carbocycles. The third-order valence-electron chi connectivity index (χ3n) is 2.69. The first-order valence-electron chi connectivity index (χ1n) is 5.84. The number of hydrogen-bond acceptors (Lipinski definition) is 1. The molecule has 120 valence electrons. The van der Waals surface area contributed by atoms with Crippen LogP contribution in [-0.4, -0.2) is 18.6 Å². The van der Waals surface area contributed by atoms with Crippen molar-refractivity contribution < 1.29 is 35.1 Å². The Bertz CT molecular complexity index is 497. The summed E-state index contributed by atoms with van der Waals surface area (Å²) < 4.78 is 103. The topological polar surface area (TPSA) is 12.0 Å². The van der Waals surface area contributed by atoms with Gasteiger partial charge < -0.3 is 5.32 Å². The van der Waals surface area contributed by atoms with Crippen LogP contribution in [-0.2, 0) is 0 Å². The molecular weight excluding hydrogens is 310 g/mol. The standard InChI is InChI=1S/C12H11F8N/c1-2-3-21-10(11(16,17)12(18,19)20)6-4-8(14)9(15)5-7(6)13/h4-5,10,21H,2-3H2,1H3. The van der Waals surface area contributed by atoms with Gasteiger partial charge in [0, 0.05) is 11.6 Å². The van der Waals surface area contributed by atoms with E-state index in [2.05, 4.69) is 0 Å². The fourth-order valence-electron chi connectivity index (χ4n) is 1.64. The Balaban J connectivity index is 3.36. The van der Waals surface area contributed by atoms with Crippen LogP contribution in [0.1, 0.15) is 24.9 Å². The van der Waals surface area contributed by atoms with E-state index in [1.165, 1.54) is 6.92 Å². The van der Waals surface area contributed by atoms with E-state index in [4.69, 9.17) is 0 Å². The summed E-state index contributed by atoms with van der Waals surface area (Å²) in [6, 6.07) is -2.93. The number of benzene rings is 1. The molecular formula is C12H11F8N. The van der Waals surface area contributed by atoms with Crippen molar-refractivity contribution >= 4 is 0 Å². The summed E-state index contributed by atoms with van der Waals surface area (Å²) >= 11 is 0. The Kier molecular flexibility index (Phi) is 5.19. The normalized spacial score (nSPS) is 14.3. The van der Waals surface area contributed by atoms with Crippen molar-refractivity contribution in [1.29, 1.82) is 0 Å². The van der Waals surface area contributed by atoms with Gasteiger partial charge in [-0.1, -0.05) is 6.92 Å². The van der Waals surface area contributed by atoms with Crippen LogP contribution in [0.5, 0.6) is 0 Å². The molecule has 0 fully saturated rings. The molecule has 0 aliphatic heterocycles. The van der Waals surface area contributed by atoms with Crippen LogP contribution in [0.15, 0.2) is 12.1 Å². The zero-order valence-electron chi connectivity index (χ0n) is 10.7. The lowest BCUT2D eigenvalue weighted by molar-refractivity contribution is -0.294. The molecule has 1 N–H and O–H groups in total. The van der Waals surface area contributed by atoms with E-state index in [0.717, 1.165) is 0 Å². The van der Waals surface area contributed by atoms with Crippen molar-refractivity contribution in [2.75, 3.05) is 6.54 Å². The molecule has 1 rings (SSSR count). The van der Waals surface area contributed by atoms with Crippen molar-refractivity contribution in [3.05, 3.63) is 35.1 Å². The monoisotopic (exact) mass is 321 g/mol. The fourth-order valence-corrected chi connectivity index (χ4v) is 1.64. The summed E-state index contributed by atoms with van der Waals surface area (Å²) in [6.07, 6.45) is -5.80. The molecule has 0 radical (unpaired) electrons. The highest BCUT2D eigenvalue weighted by Gasteiger charge is 2.63. The Morgan fingerprint density at radius 2 is 1.48 bits per heavy atom. The van der Waals surface area contributed by atoms with E-state index in [1.54, 1.807) is 0 Å². The van der Waals surface area contributed by atoms with Gasteiger partial charge in [0.2, 0.25) is 0 Å². The second kappa shape index (κ2) is 6.17. The molecule has 0 aromatic heterocycles. The quantitative estimate of drug-likeness (QED) is 0.628. The smallest absolute Gasteiger partial charge is 0.305 e. The number of hydrogen-bond donors (Lipinski definition) is 1. The third-order valence-corrected chi connectivity index (χ3v) is 2.69. The Hall–Kier alpha value is -1.38. The van der Waals surface area contributed by atoms with E-state index in [1.807, 2.05) is 5.32 Å². The molecule has 1 nitrogen and oxygen atoms in total. The molecule has 0 amide bonds. The molecule has 0 aliphatic rings. The molecule has 1 unspecified atom stereocenters. The molecule has 1 atom stereocenters. The molecule has 0 spiro atoms. The fraction of sp³-hybridized carbons (Fsp3) is 0.500. The minimum atomic E-state index is -5.98. The van der Waals surface area contributed by atoms with Gasteiger partial charge in [0.1, 0.15) is 11.9 Å². The molecule has 9 heteroatoms. The number of halogens is 8. The SMILES string of the molecule is CCCNC(c1cc(F)c(F)cc1F)C(F)(F)C(F)(F)F. The van der Waals surface area contributed by atoms with Crippen molar-refractivity contribution in [2.24, 2.45) is 0 Å². The maximum absolute atomic E-state index is 13.5. The summed E-state index contributed by atoms with van der Waals surface area (Å²) in [5, 5.41) is 1.82. The zero-order chi connectivity index (χ0) is 16.4. The van der Waals surface area contributed by atoms with Crippen LogP contribution in [0.4, 0.5) is 35.1 Å². The first-order chi connectivity index (χ1) is 9.52. The Labute approximate surface area is 114 Å². The van der Waals surface area contributed by atoms with Gasteiger partial charge in [-0.15, -0.1) is 0 Å². The van der Waals surface area contributed by atoms with Gasteiger partial charge in [-0.05, 0) is 19.0 Å². The summed E-state index contributed by atoms with van der Waals surface area (Å²) in [5.74, 6) is -10.4. The molecule has 0 saturated heterocycles. The number of alkyl halides is 5. The van der Waals surface area contributed by atoms with Gasteiger partial charge in [0.05, 0.1) is 0 Å². The van der Waals surface area contributed by atoms with Gasteiger partial charge in [0.25, 0.3) is 0 Å². The average Bonchev–Trinajstić information content (AvgIpc) is 2.34. The summed E-state index contributed by atoms with van der Waals surface area (Å²) in [6.45, 7) is 1.19. The average molecular weight is 321 g/mol. The Morgan fingerprint density at radius 1 is 0.952 bits per heavy atom. The van der Waals surface area contributed by atoms with Gasteiger partial charge in [-0.2, -0.15) is 22.0 Å². The zero-order valence-corrected chi connectivity index (χ0v) is 10.7. The first-order valence-corrected chi connectivity index (χ1v) is 5.84. The second-order valence-electron chi connectivity index (χ2n) is 4.30. The van der Waals surface area contributed by atoms with Crippen molar-refractivity contribution in [2.45, 2.75) is 31.5 Å². The highest BCUT2D eigenvalue weighted by molar-refractivity contribution is 5.26. The third kappa shape index (κ3) is 3.63. The van der Waals surface area contributed by atoms with Crippen LogP contribution < -0.4 is 5.32 Å². The number of nitrogens with one attached hydrogen (secondary N) is 1. The molecule has 0 heterocycles. The Morgan fingerprint density at radius 3 is 1.95 bits per heavy atom. The summed E-state index contributed by atoms with van der Waals surface area (Å²) in [5.41, 5.74) is -1.29. The van der Waals surface area contributed by atoms with Crippen LogP contribution in [0.3, 0.4) is 0 Å². The molecule has 1 aromatic rings. The number of rotatable bonds is 5. The second-order valence-corrected chi connectivity index (χ2v) is 4.30. The molecule has 21 heavy (non-hydrogen) atoms. The predicted octanol–water partition coefficient (Wildman–Crippen LogP) is 4.34. The molecule has 0 aliphatic carbocycles. The largest absolute Gasteiger partial charge is 0.455 e. The van der Waals surface area contributed by atoms with Gasteiger partial charge >= 0.3 is 12.1 Å². The minimum absolute atomic E-state index is 0.00234. The highest BCUT2D eigenvalue weighted by atomic mass is 19.4. The van der Waals surface area contributed by atoms with E-state index in [-0.39, 0.29) is 25.1 Å².